The van der Waals surface area contributed by atoms with E-state index in [-0.39, 0.29) is 18.0 Å². The Kier molecular flexibility index (Phi) is 4.81. The number of carbonyl (C=O) groups is 1. The topological polar surface area (TPSA) is 89.5 Å². The fourth-order valence-electron chi connectivity index (χ4n) is 2.78. The minimum Gasteiger partial charge on any atom is -0.326 e. The number of nitrogens with zero attached hydrogens (tertiary/aromatic N) is 3. The molecule has 1 amide bonds. The van der Waals surface area contributed by atoms with Crippen LogP contribution in [0.2, 0.25) is 5.02 Å². The van der Waals surface area contributed by atoms with E-state index in [2.05, 4.69) is 10.3 Å². The maximum Gasteiger partial charge on any atom is 0.271 e. The summed E-state index contributed by atoms with van der Waals surface area (Å²) in [6.45, 7) is 0. The van der Waals surface area contributed by atoms with E-state index >= 15 is 0 Å². The number of hydrogen-bond acceptors (Lipinski definition) is 5. The van der Waals surface area contributed by atoms with E-state index in [1.807, 2.05) is 28.1 Å². The summed E-state index contributed by atoms with van der Waals surface area (Å²) in [5, 5.41) is 16.1. The highest BCUT2D eigenvalue weighted by Crippen LogP contribution is 2.25. The first-order chi connectivity index (χ1) is 13.5. The number of hydrogen-bond donors (Lipinski definition) is 1. The van der Waals surface area contributed by atoms with E-state index in [1.54, 1.807) is 18.2 Å². The first kappa shape index (κ1) is 18.1. The molecule has 4 rings (SSSR count). The number of amides is 1. The zero-order chi connectivity index (χ0) is 19.7. The maximum absolute atomic E-state index is 12.4. The number of nitro groups is 1. The Morgan fingerprint density at radius 2 is 2.04 bits per heavy atom. The Bertz CT molecular complexity index is 1180. The lowest BCUT2D eigenvalue weighted by molar-refractivity contribution is -0.384. The van der Waals surface area contributed by atoms with E-state index < -0.39 is 4.92 Å². The van der Waals surface area contributed by atoms with Gasteiger partial charge in [-0.15, -0.1) is 11.3 Å². The number of fused-ring (bicyclic) bond motifs is 1. The molecule has 140 valence electrons. The van der Waals surface area contributed by atoms with E-state index in [0.717, 1.165) is 21.9 Å². The summed E-state index contributed by atoms with van der Waals surface area (Å²) >= 11 is 7.37. The summed E-state index contributed by atoms with van der Waals surface area (Å²) < 4.78 is 1.88. The maximum atomic E-state index is 12.4. The van der Waals surface area contributed by atoms with E-state index in [4.69, 9.17) is 11.6 Å². The molecule has 0 radical (unpaired) electrons. The molecule has 0 atom stereocenters. The van der Waals surface area contributed by atoms with Gasteiger partial charge in [-0.25, -0.2) is 4.98 Å². The van der Waals surface area contributed by atoms with Crippen molar-refractivity contribution in [3.63, 3.8) is 0 Å². The Morgan fingerprint density at radius 3 is 2.79 bits per heavy atom. The normalized spacial score (nSPS) is 10.9. The summed E-state index contributed by atoms with van der Waals surface area (Å²) in [5.41, 5.74) is 2.84. The highest BCUT2D eigenvalue weighted by molar-refractivity contribution is 7.15. The van der Waals surface area contributed by atoms with Crippen LogP contribution in [0.5, 0.6) is 0 Å². The molecule has 0 aliphatic heterocycles. The van der Waals surface area contributed by atoms with Gasteiger partial charge >= 0.3 is 0 Å². The third-order valence-electron chi connectivity index (χ3n) is 4.11. The molecule has 7 nitrogen and oxygen atoms in total. The van der Waals surface area contributed by atoms with Crippen molar-refractivity contribution in [3.8, 4) is 11.3 Å². The van der Waals surface area contributed by atoms with Crippen molar-refractivity contribution in [2.45, 2.75) is 6.42 Å². The molecule has 0 bridgehead atoms. The van der Waals surface area contributed by atoms with Crippen LogP contribution >= 0.6 is 22.9 Å². The van der Waals surface area contributed by atoms with Gasteiger partial charge in [-0.1, -0.05) is 29.8 Å². The molecular weight excluding hydrogens is 400 g/mol. The number of carbonyl (C=O) groups excluding carboxylic acids is 1. The van der Waals surface area contributed by atoms with Crippen LogP contribution in [-0.2, 0) is 11.2 Å². The summed E-state index contributed by atoms with van der Waals surface area (Å²) in [6, 6.07) is 13.2. The second kappa shape index (κ2) is 7.41. The number of nitrogens with one attached hydrogen (secondary N) is 1. The van der Waals surface area contributed by atoms with E-state index in [1.165, 1.54) is 29.5 Å². The average molecular weight is 413 g/mol. The monoisotopic (exact) mass is 412 g/mol. The van der Waals surface area contributed by atoms with Crippen molar-refractivity contribution in [1.29, 1.82) is 0 Å². The van der Waals surface area contributed by atoms with E-state index in [9.17, 15) is 14.9 Å². The Morgan fingerprint density at radius 1 is 1.25 bits per heavy atom. The molecule has 0 spiro atoms. The molecule has 0 unspecified atom stereocenters. The van der Waals surface area contributed by atoms with Crippen molar-refractivity contribution in [1.82, 2.24) is 9.38 Å². The number of anilines is 1. The predicted molar refractivity (Wildman–Crippen MR) is 109 cm³/mol. The summed E-state index contributed by atoms with van der Waals surface area (Å²) in [4.78, 5) is 28.1. The summed E-state index contributed by atoms with van der Waals surface area (Å²) in [6.07, 6.45) is 2.00. The molecule has 0 aliphatic rings. The third-order valence-corrected chi connectivity index (χ3v) is 5.25. The van der Waals surface area contributed by atoms with Crippen molar-refractivity contribution >= 4 is 45.2 Å². The number of aromatic nitrogens is 2. The molecule has 0 saturated carbocycles. The van der Waals surface area contributed by atoms with Crippen LogP contribution in [0.3, 0.4) is 0 Å². The molecule has 2 heterocycles. The average Bonchev–Trinajstić information content (AvgIpc) is 3.24. The molecule has 2 aromatic carbocycles. The Balaban J connectivity index is 1.53. The lowest BCUT2D eigenvalue weighted by Gasteiger charge is -2.04. The highest BCUT2D eigenvalue weighted by Gasteiger charge is 2.14. The van der Waals surface area contributed by atoms with Crippen molar-refractivity contribution in [2.75, 3.05) is 5.32 Å². The van der Waals surface area contributed by atoms with Crippen LogP contribution in [0.4, 0.5) is 11.4 Å². The molecule has 9 heteroatoms. The van der Waals surface area contributed by atoms with Crippen LogP contribution < -0.4 is 5.32 Å². The minimum atomic E-state index is -0.498. The number of imidazole rings is 1. The quantitative estimate of drug-likeness (QED) is 0.376. The first-order valence-electron chi connectivity index (χ1n) is 8.25. The Labute approximate surface area is 168 Å². The van der Waals surface area contributed by atoms with Gasteiger partial charge in [-0.3, -0.25) is 19.3 Å². The van der Waals surface area contributed by atoms with Crippen LogP contribution in [0.1, 0.15) is 5.69 Å². The zero-order valence-corrected chi connectivity index (χ0v) is 15.9. The van der Waals surface area contributed by atoms with Gasteiger partial charge in [0, 0.05) is 45.7 Å². The second-order valence-corrected chi connectivity index (χ2v) is 7.32. The van der Waals surface area contributed by atoms with Crippen LogP contribution in [0.15, 0.2) is 60.1 Å². The first-order valence-corrected chi connectivity index (χ1v) is 9.51. The van der Waals surface area contributed by atoms with Gasteiger partial charge in [0.15, 0.2) is 4.96 Å². The van der Waals surface area contributed by atoms with Gasteiger partial charge in [0.25, 0.3) is 5.69 Å². The molecular formula is C19H13ClN4O3S. The van der Waals surface area contributed by atoms with Gasteiger partial charge in [0.05, 0.1) is 17.0 Å². The van der Waals surface area contributed by atoms with Gasteiger partial charge in [-0.05, 0) is 18.2 Å². The number of thiazole rings is 1. The number of benzene rings is 2. The third kappa shape index (κ3) is 3.73. The van der Waals surface area contributed by atoms with Crippen LogP contribution in [0.25, 0.3) is 16.2 Å². The van der Waals surface area contributed by atoms with Crippen molar-refractivity contribution < 1.29 is 9.72 Å². The molecule has 0 fully saturated rings. The van der Waals surface area contributed by atoms with Crippen molar-refractivity contribution in [2.24, 2.45) is 0 Å². The molecule has 28 heavy (non-hydrogen) atoms. The number of non-ortho nitro benzene ring substituents is 1. The summed E-state index contributed by atoms with van der Waals surface area (Å²) in [7, 11) is 0. The summed E-state index contributed by atoms with van der Waals surface area (Å²) in [5.74, 6) is -0.262. The van der Waals surface area contributed by atoms with Crippen molar-refractivity contribution in [3.05, 3.63) is 80.9 Å². The van der Waals surface area contributed by atoms with Gasteiger partial charge in [-0.2, -0.15) is 0 Å². The van der Waals surface area contributed by atoms with Gasteiger partial charge < -0.3 is 5.32 Å². The molecule has 2 aromatic heterocycles. The fraction of sp³-hybridized carbons (Fsp3) is 0.0526. The molecule has 1 N–H and O–H groups in total. The minimum absolute atomic E-state index is 0.0714. The largest absolute Gasteiger partial charge is 0.326 e. The van der Waals surface area contributed by atoms with Gasteiger partial charge in [0.2, 0.25) is 5.91 Å². The Hall–Kier alpha value is -3.23. The van der Waals surface area contributed by atoms with Crippen LogP contribution in [-0.4, -0.2) is 20.2 Å². The van der Waals surface area contributed by atoms with Gasteiger partial charge in [0.1, 0.15) is 0 Å². The lowest BCUT2D eigenvalue weighted by atomic mass is 10.2. The number of nitro benzene ring substituents is 1. The predicted octanol–water partition coefficient (Wildman–Crippen LogP) is 4.81. The van der Waals surface area contributed by atoms with Crippen LogP contribution in [0, 0.1) is 10.1 Å². The second-order valence-electron chi connectivity index (χ2n) is 6.05. The smallest absolute Gasteiger partial charge is 0.271 e. The molecule has 0 saturated heterocycles. The number of halogens is 1. The fourth-order valence-corrected chi connectivity index (χ4v) is 3.78. The molecule has 4 aromatic rings. The standard InChI is InChI=1S/C19H13ClN4O3S/c20-13-6-4-12(5-7-13)17-10-23-16(11-28-19(23)22-17)9-18(25)21-14-2-1-3-15(8-14)24(26)27/h1-8,10-11H,9H2,(H,21,25). The SMILES string of the molecule is O=C(Cc1csc2nc(-c3ccc(Cl)cc3)cn12)Nc1cccc([N+](=O)[O-])c1. The molecule has 0 aliphatic carbocycles. The zero-order valence-electron chi connectivity index (χ0n) is 14.3. The van der Waals surface area contributed by atoms with E-state index in [0.29, 0.717) is 10.7 Å². The number of rotatable bonds is 5. The lowest BCUT2D eigenvalue weighted by Crippen LogP contribution is -2.15. The highest BCUT2D eigenvalue weighted by atomic mass is 35.5.